The quantitative estimate of drug-likeness (QED) is 0.162. The average molecular weight is 698 g/mol. The van der Waals surface area contributed by atoms with Crippen LogP contribution in [-0.2, 0) is 0 Å². The fourth-order valence-electron chi connectivity index (χ4n) is 8.67. The first-order valence-electron chi connectivity index (χ1n) is 19.0. The summed E-state index contributed by atoms with van der Waals surface area (Å²) >= 11 is 0. The van der Waals surface area contributed by atoms with E-state index >= 15 is 0 Å². The monoisotopic (exact) mass is 697 g/mol. The Morgan fingerprint density at radius 1 is 0.218 bits per heavy atom. The first kappa shape index (κ1) is 31.3. The summed E-state index contributed by atoms with van der Waals surface area (Å²) in [6.07, 6.45) is 0. The zero-order valence-corrected chi connectivity index (χ0v) is 30.2. The van der Waals surface area contributed by atoms with Crippen LogP contribution in [-0.4, -0.2) is 0 Å². The molecule has 0 spiro atoms. The van der Waals surface area contributed by atoms with E-state index in [1.165, 1.54) is 86.9 Å². The normalized spacial score (nSPS) is 11.6. The standard InChI is InChI=1S/C54H35N/c1-2-10-37(11-3-1)54-35-46(33-42-14-6-9-17-49(42)54)55(45-28-31-50-43(32-45)21-19-38-12-4-7-15-47(38)50)44-26-22-36(23-27-44)41-20-18-40-25-29-51-48-16-8-5-13-39(48)24-30-52(51)53(40)34-41/h1-35H. The van der Waals surface area contributed by atoms with Crippen LogP contribution >= 0.6 is 0 Å². The van der Waals surface area contributed by atoms with Gasteiger partial charge in [-0.15, -0.1) is 0 Å². The molecule has 256 valence electrons. The lowest BCUT2D eigenvalue weighted by atomic mass is 9.94. The molecule has 0 atom stereocenters. The van der Waals surface area contributed by atoms with Crippen LogP contribution in [0.5, 0.6) is 0 Å². The van der Waals surface area contributed by atoms with E-state index in [9.17, 15) is 0 Å². The Hall–Kier alpha value is -7.22. The third kappa shape index (κ3) is 5.32. The van der Waals surface area contributed by atoms with Crippen molar-refractivity contribution in [3.05, 3.63) is 212 Å². The van der Waals surface area contributed by atoms with Crippen molar-refractivity contribution in [2.24, 2.45) is 0 Å². The van der Waals surface area contributed by atoms with Crippen LogP contribution in [0.2, 0.25) is 0 Å². The van der Waals surface area contributed by atoms with E-state index in [2.05, 4.69) is 217 Å². The van der Waals surface area contributed by atoms with E-state index in [1.54, 1.807) is 0 Å². The Labute approximate surface area is 320 Å². The van der Waals surface area contributed by atoms with Crippen molar-refractivity contribution in [2.75, 3.05) is 4.90 Å². The molecule has 1 heteroatoms. The van der Waals surface area contributed by atoms with Gasteiger partial charge in [0.25, 0.3) is 0 Å². The summed E-state index contributed by atoms with van der Waals surface area (Å²) in [5, 5.41) is 15.1. The van der Waals surface area contributed by atoms with Crippen molar-refractivity contribution >= 4 is 81.7 Å². The average Bonchev–Trinajstić information content (AvgIpc) is 3.26. The van der Waals surface area contributed by atoms with Gasteiger partial charge in [-0.1, -0.05) is 170 Å². The van der Waals surface area contributed by atoms with Crippen molar-refractivity contribution < 1.29 is 0 Å². The third-order valence-electron chi connectivity index (χ3n) is 11.4. The molecule has 0 heterocycles. The molecule has 0 saturated carbocycles. The van der Waals surface area contributed by atoms with Crippen molar-refractivity contribution in [3.8, 4) is 22.3 Å². The molecular weight excluding hydrogens is 663 g/mol. The lowest BCUT2D eigenvalue weighted by molar-refractivity contribution is 1.29. The SMILES string of the molecule is c1ccc(-c2cc(N(c3ccc(-c4ccc5ccc6c7ccccc7ccc6c5c4)cc3)c3ccc4c(ccc5ccccc54)c3)cc3ccccc23)cc1. The largest absolute Gasteiger partial charge is 0.310 e. The lowest BCUT2D eigenvalue weighted by Gasteiger charge is -2.27. The number of anilines is 3. The molecule has 55 heavy (non-hydrogen) atoms. The molecular formula is C54H35N. The number of nitrogens with zero attached hydrogens (tertiary/aromatic N) is 1. The molecule has 0 aromatic heterocycles. The number of hydrogen-bond acceptors (Lipinski definition) is 1. The van der Waals surface area contributed by atoms with Crippen LogP contribution in [0.4, 0.5) is 17.1 Å². The van der Waals surface area contributed by atoms with Gasteiger partial charge in [0.15, 0.2) is 0 Å². The van der Waals surface area contributed by atoms with E-state index in [0.29, 0.717) is 0 Å². The summed E-state index contributed by atoms with van der Waals surface area (Å²) < 4.78 is 0. The van der Waals surface area contributed by atoms with Crippen molar-refractivity contribution in [2.45, 2.75) is 0 Å². The predicted octanol–water partition coefficient (Wildman–Crippen LogP) is 15.4. The summed E-state index contributed by atoms with van der Waals surface area (Å²) in [6, 6.07) is 77.9. The van der Waals surface area contributed by atoms with Gasteiger partial charge in [-0.2, -0.15) is 0 Å². The Morgan fingerprint density at radius 3 is 1.45 bits per heavy atom. The maximum atomic E-state index is 2.41. The maximum absolute atomic E-state index is 2.41. The minimum absolute atomic E-state index is 1.11. The number of fused-ring (bicyclic) bond motifs is 9. The maximum Gasteiger partial charge on any atom is 0.0474 e. The fraction of sp³-hybridized carbons (Fsp3) is 0. The Morgan fingerprint density at radius 2 is 0.691 bits per heavy atom. The van der Waals surface area contributed by atoms with E-state index in [0.717, 1.165) is 17.1 Å². The molecule has 0 aliphatic carbocycles. The third-order valence-corrected chi connectivity index (χ3v) is 11.4. The highest BCUT2D eigenvalue weighted by Crippen LogP contribution is 2.42. The van der Waals surface area contributed by atoms with Crippen molar-refractivity contribution in [1.82, 2.24) is 0 Å². The highest BCUT2D eigenvalue weighted by molar-refractivity contribution is 6.18. The zero-order chi connectivity index (χ0) is 36.3. The van der Waals surface area contributed by atoms with Crippen LogP contribution in [0, 0.1) is 0 Å². The van der Waals surface area contributed by atoms with Crippen LogP contribution in [0.25, 0.3) is 86.9 Å². The van der Waals surface area contributed by atoms with Gasteiger partial charge < -0.3 is 4.90 Å². The van der Waals surface area contributed by atoms with Crippen molar-refractivity contribution in [3.63, 3.8) is 0 Å². The highest BCUT2D eigenvalue weighted by Gasteiger charge is 2.17. The van der Waals surface area contributed by atoms with Gasteiger partial charge in [0.2, 0.25) is 0 Å². The second-order valence-corrected chi connectivity index (χ2v) is 14.5. The van der Waals surface area contributed by atoms with Gasteiger partial charge >= 0.3 is 0 Å². The molecule has 11 aromatic carbocycles. The molecule has 0 bridgehead atoms. The Balaban J connectivity index is 1.07. The van der Waals surface area contributed by atoms with Gasteiger partial charge in [-0.3, -0.25) is 0 Å². The van der Waals surface area contributed by atoms with Crippen LogP contribution in [0.3, 0.4) is 0 Å². The molecule has 0 amide bonds. The molecule has 0 saturated heterocycles. The second kappa shape index (κ2) is 12.7. The number of hydrogen-bond donors (Lipinski definition) is 0. The van der Waals surface area contributed by atoms with Gasteiger partial charge in [-0.25, -0.2) is 0 Å². The van der Waals surface area contributed by atoms with Crippen LogP contribution in [0.15, 0.2) is 212 Å². The lowest BCUT2D eigenvalue weighted by Crippen LogP contribution is -2.10. The molecule has 0 unspecified atom stereocenters. The Bertz CT molecular complexity index is 3250. The van der Waals surface area contributed by atoms with E-state index < -0.39 is 0 Å². The topological polar surface area (TPSA) is 3.24 Å². The molecule has 0 fully saturated rings. The van der Waals surface area contributed by atoms with Gasteiger partial charge in [0.05, 0.1) is 0 Å². The Kier molecular flexibility index (Phi) is 7.25. The van der Waals surface area contributed by atoms with Gasteiger partial charge in [0, 0.05) is 17.1 Å². The first-order valence-corrected chi connectivity index (χ1v) is 19.0. The highest BCUT2D eigenvalue weighted by atomic mass is 15.1. The van der Waals surface area contributed by atoms with Crippen LogP contribution in [0.1, 0.15) is 0 Å². The minimum Gasteiger partial charge on any atom is -0.310 e. The summed E-state index contributed by atoms with van der Waals surface area (Å²) in [6.45, 7) is 0. The van der Waals surface area contributed by atoms with Crippen LogP contribution < -0.4 is 4.90 Å². The van der Waals surface area contributed by atoms with Crippen molar-refractivity contribution in [1.29, 1.82) is 0 Å². The number of benzene rings is 11. The fourth-order valence-corrected chi connectivity index (χ4v) is 8.67. The molecule has 1 nitrogen and oxygen atoms in total. The first-order chi connectivity index (χ1) is 27.2. The molecule has 11 rings (SSSR count). The minimum atomic E-state index is 1.11. The van der Waals surface area contributed by atoms with Gasteiger partial charge in [-0.05, 0) is 129 Å². The molecule has 0 aliphatic rings. The summed E-state index contributed by atoms with van der Waals surface area (Å²) in [7, 11) is 0. The summed E-state index contributed by atoms with van der Waals surface area (Å²) in [5.41, 5.74) is 8.17. The second-order valence-electron chi connectivity index (χ2n) is 14.5. The smallest absolute Gasteiger partial charge is 0.0474 e. The molecule has 0 N–H and O–H groups in total. The predicted molar refractivity (Wildman–Crippen MR) is 237 cm³/mol. The van der Waals surface area contributed by atoms with Gasteiger partial charge in [0.1, 0.15) is 0 Å². The summed E-state index contributed by atoms with van der Waals surface area (Å²) in [5.74, 6) is 0. The molecule has 11 aromatic rings. The molecule has 0 radical (unpaired) electrons. The molecule has 0 aliphatic heterocycles. The zero-order valence-electron chi connectivity index (χ0n) is 30.2. The van der Waals surface area contributed by atoms with E-state index in [-0.39, 0.29) is 0 Å². The summed E-state index contributed by atoms with van der Waals surface area (Å²) in [4.78, 5) is 2.41. The van der Waals surface area contributed by atoms with E-state index in [1.807, 2.05) is 0 Å². The number of rotatable bonds is 5. The van der Waals surface area contributed by atoms with E-state index in [4.69, 9.17) is 0 Å².